The van der Waals surface area contributed by atoms with Gasteiger partial charge in [0.1, 0.15) is 0 Å². The SMILES string of the molecule is CN(C)C(C)(C)CNC(c1cccs1)C1CCCC1. The fourth-order valence-electron chi connectivity index (χ4n) is 2.78. The minimum Gasteiger partial charge on any atom is -0.307 e. The van der Waals surface area contributed by atoms with Gasteiger partial charge in [0, 0.05) is 23.0 Å². The molecule has 1 atom stereocenters. The maximum atomic E-state index is 3.85. The van der Waals surface area contributed by atoms with Crippen LogP contribution in [-0.4, -0.2) is 31.1 Å². The van der Waals surface area contributed by atoms with Crippen LogP contribution in [0, 0.1) is 5.92 Å². The highest BCUT2D eigenvalue weighted by atomic mass is 32.1. The van der Waals surface area contributed by atoms with Crippen molar-refractivity contribution in [2.45, 2.75) is 51.1 Å². The van der Waals surface area contributed by atoms with Crippen LogP contribution in [0.3, 0.4) is 0 Å². The van der Waals surface area contributed by atoms with Crippen LogP contribution < -0.4 is 5.32 Å². The van der Waals surface area contributed by atoms with E-state index in [1.54, 1.807) is 0 Å². The maximum absolute atomic E-state index is 3.85. The first kappa shape index (κ1) is 15.0. The molecule has 1 saturated carbocycles. The number of hydrogen-bond donors (Lipinski definition) is 1. The molecule has 0 spiro atoms. The average Bonchev–Trinajstić information content (AvgIpc) is 3.00. The van der Waals surface area contributed by atoms with E-state index in [9.17, 15) is 0 Å². The molecule has 0 aromatic carbocycles. The van der Waals surface area contributed by atoms with Crippen LogP contribution in [0.15, 0.2) is 17.5 Å². The molecule has 2 nitrogen and oxygen atoms in total. The Bertz CT molecular complexity index is 364. The number of rotatable bonds is 6. The minimum absolute atomic E-state index is 0.202. The summed E-state index contributed by atoms with van der Waals surface area (Å²) in [5, 5.41) is 6.06. The van der Waals surface area contributed by atoms with Crippen molar-refractivity contribution in [2.24, 2.45) is 5.92 Å². The summed E-state index contributed by atoms with van der Waals surface area (Å²) in [6, 6.07) is 5.03. The van der Waals surface area contributed by atoms with E-state index in [4.69, 9.17) is 0 Å². The van der Waals surface area contributed by atoms with Crippen molar-refractivity contribution in [3.05, 3.63) is 22.4 Å². The van der Waals surface area contributed by atoms with E-state index in [1.807, 2.05) is 11.3 Å². The zero-order valence-corrected chi connectivity index (χ0v) is 13.6. The van der Waals surface area contributed by atoms with Gasteiger partial charge in [-0.15, -0.1) is 11.3 Å². The molecule has 1 aromatic heterocycles. The molecular weight excluding hydrogens is 252 g/mol. The summed E-state index contributed by atoms with van der Waals surface area (Å²) in [6.07, 6.45) is 5.59. The van der Waals surface area contributed by atoms with E-state index >= 15 is 0 Å². The lowest BCUT2D eigenvalue weighted by Gasteiger charge is -2.35. The van der Waals surface area contributed by atoms with Gasteiger partial charge in [-0.1, -0.05) is 18.9 Å². The summed E-state index contributed by atoms with van der Waals surface area (Å²) in [4.78, 5) is 3.82. The average molecular weight is 280 g/mol. The van der Waals surface area contributed by atoms with Crippen molar-refractivity contribution in [1.82, 2.24) is 10.2 Å². The van der Waals surface area contributed by atoms with Gasteiger partial charge in [-0.2, -0.15) is 0 Å². The van der Waals surface area contributed by atoms with Crippen molar-refractivity contribution in [3.63, 3.8) is 0 Å². The number of likely N-dealkylation sites (N-methyl/N-ethyl adjacent to an activating group) is 1. The van der Waals surface area contributed by atoms with Crippen LogP contribution in [-0.2, 0) is 0 Å². The van der Waals surface area contributed by atoms with E-state index in [0.717, 1.165) is 12.5 Å². The summed E-state index contributed by atoms with van der Waals surface area (Å²) in [5.41, 5.74) is 0.202. The van der Waals surface area contributed by atoms with Crippen LogP contribution >= 0.6 is 11.3 Å². The Balaban J connectivity index is 2.02. The van der Waals surface area contributed by atoms with Gasteiger partial charge >= 0.3 is 0 Å². The smallest absolute Gasteiger partial charge is 0.0444 e. The molecule has 0 bridgehead atoms. The van der Waals surface area contributed by atoms with Crippen LogP contribution in [0.25, 0.3) is 0 Å². The molecule has 1 unspecified atom stereocenters. The van der Waals surface area contributed by atoms with Crippen molar-refractivity contribution in [1.29, 1.82) is 0 Å². The molecule has 0 radical (unpaired) electrons. The number of thiophene rings is 1. The first-order chi connectivity index (χ1) is 9.00. The second kappa shape index (κ2) is 6.38. The zero-order chi connectivity index (χ0) is 13.9. The summed E-state index contributed by atoms with van der Waals surface area (Å²) >= 11 is 1.90. The predicted molar refractivity (Wildman–Crippen MR) is 84.8 cm³/mol. The van der Waals surface area contributed by atoms with E-state index in [2.05, 4.69) is 55.7 Å². The van der Waals surface area contributed by atoms with Gasteiger partial charge in [0.2, 0.25) is 0 Å². The van der Waals surface area contributed by atoms with Crippen molar-refractivity contribution in [3.8, 4) is 0 Å². The summed E-state index contributed by atoms with van der Waals surface area (Å²) in [7, 11) is 4.33. The molecular formula is C16H28N2S. The molecule has 108 valence electrons. The third-order valence-electron chi connectivity index (χ3n) is 4.69. The lowest BCUT2D eigenvalue weighted by Crippen LogP contribution is -2.48. The van der Waals surface area contributed by atoms with Crippen molar-refractivity contribution in [2.75, 3.05) is 20.6 Å². The minimum atomic E-state index is 0.202. The van der Waals surface area contributed by atoms with Gasteiger partial charge in [-0.25, -0.2) is 0 Å². The Morgan fingerprint density at radius 3 is 2.58 bits per heavy atom. The molecule has 1 heterocycles. The molecule has 3 heteroatoms. The molecule has 0 aliphatic heterocycles. The second-order valence-corrected chi connectivity index (χ2v) is 7.60. The van der Waals surface area contributed by atoms with Crippen LogP contribution in [0.4, 0.5) is 0 Å². The highest BCUT2D eigenvalue weighted by Gasteiger charge is 2.29. The Hall–Kier alpha value is -0.380. The topological polar surface area (TPSA) is 15.3 Å². The number of hydrogen-bond acceptors (Lipinski definition) is 3. The van der Waals surface area contributed by atoms with Gasteiger partial charge in [0.05, 0.1) is 0 Å². The molecule has 1 aliphatic rings. The monoisotopic (exact) mass is 280 g/mol. The van der Waals surface area contributed by atoms with E-state index < -0.39 is 0 Å². The molecule has 1 fully saturated rings. The summed E-state index contributed by atoms with van der Waals surface area (Å²) in [6.45, 7) is 5.65. The molecule has 1 aromatic rings. The van der Waals surface area contributed by atoms with Gasteiger partial charge in [-0.05, 0) is 58.1 Å². The van der Waals surface area contributed by atoms with Crippen LogP contribution in [0.2, 0.25) is 0 Å². The van der Waals surface area contributed by atoms with Gasteiger partial charge < -0.3 is 10.2 Å². The summed E-state index contributed by atoms with van der Waals surface area (Å²) in [5.74, 6) is 0.830. The Kier molecular flexibility index (Phi) is 5.04. The normalized spacial score (nSPS) is 19.2. The van der Waals surface area contributed by atoms with Crippen molar-refractivity contribution >= 4 is 11.3 Å². The molecule has 2 rings (SSSR count). The van der Waals surface area contributed by atoms with E-state index in [-0.39, 0.29) is 5.54 Å². The lowest BCUT2D eigenvalue weighted by atomic mass is 9.95. The third-order valence-corrected chi connectivity index (χ3v) is 5.64. The first-order valence-corrected chi connectivity index (χ1v) is 8.33. The molecule has 0 amide bonds. The van der Waals surface area contributed by atoms with E-state index in [1.165, 1.54) is 30.6 Å². The zero-order valence-electron chi connectivity index (χ0n) is 12.8. The molecule has 19 heavy (non-hydrogen) atoms. The Morgan fingerprint density at radius 2 is 2.05 bits per heavy atom. The van der Waals surface area contributed by atoms with Crippen LogP contribution in [0.1, 0.15) is 50.4 Å². The quantitative estimate of drug-likeness (QED) is 0.850. The molecule has 1 aliphatic carbocycles. The van der Waals surface area contributed by atoms with Crippen molar-refractivity contribution < 1.29 is 0 Å². The standard InChI is InChI=1S/C16H28N2S/c1-16(2,18(3)4)12-17-15(13-8-5-6-9-13)14-10-7-11-19-14/h7,10-11,13,15,17H,5-6,8-9,12H2,1-4H3. The highest BCUT2D eigenvalue weighted by Crippen LogP contribution is 2.37. The van der Waals surface area contributed by atoms with Gasteiger partial charge in [0.15, 0.2) is 0 Å². The van der Waals surface area contributed by atoms with Gasteiger partial charge in [0.25, 0.3) is 0 Å². The summed E-state index contributed by atoms with van der Waals surface area (Å²) < 4.78 is 0. The first-order valence-electron chi connectivity index (χ1n) is 7.45. The third kappa shape index (κ3) is 3.80. The Morgan fingerprint density at radius 1 is 1.37 bits per heavy atom. The number of nitrogens with one attached hydrogen (secondary N) is 1. The second-order valence-electron chi connectivity index (χ2n) is 6.63. The molecule has 1 N–H and O–H groups in total. The molecule has 0 saturated heterocycles. The number of nitrogens with zero attached hydrogens (tertiary/aromatic N) is 1. The fourth-order valence-corrected chi connectivity index (χ4v) is 3.67. The van der Waals surface area contributed by atoms with Gasteiger partial charge in [-0.3, -0.25) is 0 Å². The highest BCUT2D eigenvalue weighted by molar-refractivity contribution is 7.10. The fraction of sp³-hybridized carbons (Fsp3) is 0.750. The lowest BCUT2D eigenvalue weighted by molar-refractivity contribution is 0.177. The Labute approximate surface area is 122 Å². The maximum Gasteiger partial charge on any atom is 0.0444 e. The predicted octanol–water partition coefficient (Wildman–Crippen LogP) is 3.91. The van der Waals surface area contributed by atoms with E-state index in [0.29, 0.717) is 6.04 Å². The van der Waals surface area contributed by atoms with Crippen LogP contribution in [0.5, 0.6) is 0 Å². The largest absolute Gasteiger partial charge is 0.307 e.